The number of rotatable bonds is 5. The van der Waals surface area contributed by atoms with Gasteiger partial charge in [-0.3, -0.25) is 0 Å². The Bertz CT molecular complexity index is 655. The molecular weight excluding hydrogens is 312 g/mol. The van der Waals surface area contributed by atoms with Crippen LogP contribution in [-0.2, 0) is 0 Å². The molecule has 1 aliphatic heterocycles. The maximum absolute atomic E-state index is 6.28. The lowest BCUT2D eigenvalue weighted by molar-refractivity contribution is 0.322. The van der Waals surface area contributed by atoms with E-state index in [4.69, 9.17) is 10.2 Å². The largest absolute Gasteiger partial charge is 0.445 e. The highest BCUT2D eigenvalue weighted by Crippen LogP contribution is 2.28. The van der Waals surface area contributed by atoms with Crippen molar-refractivity contribution in [1.82, 2.24) is 10.3 Å². The summed E-state index contributed by atoms with van der Waals surface area (Å²) in [4.78, 5) is 6.74. The molecule has 2 aliphatic rings. The molecule has 2 fully saturated rings. The fraction of sp³-hybridized carbons (Fsp3) is 0.550. The topological polar surface area (TPSA) is 67.3 Å². The lowest BCUT2D eigenvalue weighted by Crippen LogP contribution is -2.50. The van der Waals surface area contributed by atoms with E-state index < -0.39 is 0 Å². The minimum absolute atomic E-state index is 0.323. The van der Waals surface area contributed by atoms with E-state index in [1.54, 1.807) is 12.5 Å². The molecule has 4 rings (SSSR count). The average molecular weight is 340 g/mol. The van der Waals surface area contributed by atoms with E-state index in [2.05, 4.69) is 39.5 Å². The third-order valence-corrected chi connectivity index (χ3v) is 5.69. The molecule has 0 spiro atoms. The van der Waals surface area contributed by atoms with E-state index in [1.807, 2.05) is 0 Å². The van der Waals surface area contributed by atoms with E-state index in [1.165, 1.54) is 37.8 Å². The first kappa shape index (κ1) is 16.6. The normalized spacial score (nSPS) is 26.9. The van der Waals surface area contributed by atoms with Crippen LogP contribution < -0.4 is 16.0 Å². The Labute approximate surface area is 149 Å². The summed E-state index contributed by atoms with van der Waals surface area (Å²) in [6.07, 6.45) is 10.8. The van der Waals surface area contributed by atoms with Crippen molar-refractivity contribution in [2.45, 2.75) is 56.7 Å². The van der Waals surface area contributed by atoms with Gasteiger partial charge in [0.15, 0.2) is 0 Å². The summed E-state index contributed by atoms with van der Waals surface area (Å²) in [6, 6.07) is 9.94. The Morgan fingerprint density at radius 1 is 1.12 bits per heavy atom. The van der Waals surface area contributed by atoms with Crippen LogP contribution in [0.5, 0.6) is 0 Å². The third-order valence-electron chi connectivity index (χ3n) is 5.69. The summed E-state index contributed by atoms with van der Waals surface area (Å²) in [5.74, 6) is 0.678. The van der Waals surface area contributed by atoms with Crippen molar-refractivity contribution in [3.8, 4) is 11.5 Å². The highest BCUT2D eigenvalue weighted by Gasteiger charge is 2.27. The first-order valence-electron chi connectivity index (χ1n) is 9.57. The fourth-order valence-corrected chi connectivity index (χ4v) is 4.25. The lowest BCUT2D eigenvalue weighted by atomic mass is 9.91. The lowest BCUT2D eigenvalue weighted by Gasteiger charge is -2.33. The fourth-order valence-electron chi connectivity index (χ4n) is 4.25. The predicted molar refractivity (Wildman–Crippen MR) is 101 cm³/mol. The van der Waals surface area contributed by atoms with Crippen LogP contribution in [0.1, 0.15) is 38.5 Å². The van der Waals surface area contributed by atoms with Gasteiger partial charge in [-0.05, 0) is 49.9 Å². The zero-order chi connectivity index (χ0) is 17.1. The van der Waals surface area contributed by atoms with Crippen LogP contribution in [0.15, 0.2) is 41.1 Å². The van der Waals surface area contributed by atoms with Gasteiger partial charge in [0.05, 0.1) is 6.20 Å². The smallest absolute Gasteiger partial charge is 0.225 e. The zero-order valence-electron chi connectivity index (χ0n) is 14.7. The van der Waals surface area contributed by atoms with E-state index in [0.29, 0.717) is 24.0 Å². The number of benzene rings is 1. The standard InChI is InChI=1S/C20H28N4O/c21-18-5-1-2-6-19(18)23-14-17-4-3-12-24(17)16-9-7-15(8-10-16)20-22-11-13-25-20/h7-11,13,17-19,23H,1-6,12,14,21H2/t17?,18-,19+/m0/s1. The van der Waals surface area contributed by atoms with Gasteiger partial charge in [-0.1, -0.05) is 12.8 Å². The van der Waals surface area contributed by atoms with E-state index in [-0.39, 0.29) is 0 Å². The van der Waals surface area contributed by atoms with Crippen LogP contribution in [-0.4, -0.2) is 36.2 Å². The second-order valence-corrected chi connectivity index (χ2v) is 7.34. The molecule has 0 bridgehead atoms. The van der Waals surface area contributed by atoms with Crippen LogP contribution >= 0.6 is 0 Å². The van der Waals surface area contributed by atoms with Crippen LogP contribution in [0.3, 0.4) is 0 Å². The molecule has 5 heteroatoms. The first-order valence-corrected chi connectivity index (χ1v) is 9.57. The summed E-state index contributed by atoms with van der Waals surface area (Å²) in [5, 5.41) is 3.76. The third kappa shape index (κ3) is 3.72. The van der Waals surface area contributed by atoms with Gasteiger partial charge in [0, 0.05) is 42.5 Å². The Morgan fingerprint density at radius 3 is 2.72 bits per heavy atom. The Balaban J connectivity index is 1.39. The van der Waals surface area contributed by atoms with E-state index in [0.717, 1.165) is 25.1 Å². The summed E-state index contributed by atoms with van der Waals surface area (Å²) >= 11 is 0. The summed E-state index contributed by atoms with van der Waals surface area (Å²) < 4.78 is 5.38. The van der Waals surface area contributed by atoms with E-state index >= 15 is 0 Å². The Morgan fingerprint density at radius 2 is 1.96 bits per heavy atom. The molecule has 25 heavy (non-hydrogen) atoms. The van der Waals surface area contributed by atoms with Crippen molar-refractivity contribution in [2.24, 2.45) is 5.73 Å². The van der Waals surface area contributed by atoms with E-state index in [9.17, 15) is 0 Å². The maximum Gasteiger partial charge on any atom is 0.225 e. The van der Waals surface area contributed by atoms with Gasteiger partial charge in [-0.25, -0.2) is 4.98 Å². The molecular formula is C20H28N4O. The van der Waals surface area contributed by atoms with Crippen LogP contribution in [0.4, 0.5) is 5.69 Å². The van der Waals surface area contributed by atoms with Crippen molar-refractivity contribution in [1.29, 1.82) is 0 Å². The number of nitrogens with two attached hydrogens (primary N) is 1. The monoisotopic (exact) mass is 340 g/mol. The molecule has 2 aromatic rings. The maximum atomic E-state index is 6.28. The molecule has 5 nitrogen and oxygen atoms in total. The molecule has 2 heterocycles. The van der Waals surface area contributed by atoms with Crippen molar-refractivity contribution < 1.29 is 4.42 Å². The molecule has 1 aromatic carbocycles. The van der Waals surface area contributed by atoms with Gasteiger partial charge < -0.3 is 20.4 Å². The van der Waals surface area contributed by atoms with Gasteiger partial charge >= 0.3 is 0 Å². The second kappa shape index (κ2) is 7.58. The number of aromatic nitrogens is 1. The minimum atomic E-state index is 0.323. The molecule has 3 N–H and O–H groups in total. The number of nitrogens with zero attached hydrogens (tertiary/aromatic N) is 2. The first-order chi connectivity index (χ1) is 12.3. The predicted octanol–water partition coefficient (Wildman–Crippen LogP) is 3.17. The van der Waals surface area contributed by atoms with Crippen LogP contribution in [0.2, 0.25) is 0 Å². The van der Waals surface area contributed by atoms with Crippen molar-refractivity contribution in [3.05, 3.63) is 36.7 Å². The van der Waals surface area contributed by atoms with Crippen molar-refractivity contribution in [2.75, 3.05) is 18.0 Å². The number of hydrogen-bond acceptors (Lipinski definition) is 5. The van der Waals surface area contributed by atoms with Gasteiger partial charge in [0.2, 0.25) is 5.89 Å². The summed E-state index contributed by atoms with van der Waals surface area (Å²) in [6.45, 7) is 2.15. The SMILES string of the molecule is N[C@H]1CCCC[C@H]1NCC1CCCN1c1ccc(-c2ncco2)cc1. The van der Waals surface area contributed by atoms with Gasteiger partial charge in [0.25, 0.3) is 0 Å². The molecule has 1 aliphatic carbocycles. The zero-order valence-corrected chi connectivity index (χ0v) is 14.7. The van der Waals surface area contributed by atoms with Gasteiger partial charge in [-0.2, -0.15) is 0 Å². The molecule has 3 atom stereocenters. The number of hydrogen-bond donors (Lipinski definition) is 2. The van der Waals surface area contributed by atoms with Crippen LogP contribution in [0.25, 0.3) is 11.5 Å². The molecule has 134 valence electrons. The Hall–Kier alpha value is -1.85. The second-order valence-electron chi connectivity index (χ2n) is 7.34. The number of nitrogens with one attached hydrogen (secondary N) is 1. The Kier molecular flexibility index (Phi) is 5.04. The summed E-state index contributed by atoms with van der Waals surface area (Å²) in [5.41, 5.74) is 8.59. The van der Waals surface area contributed by atoms with Gasteiger partial charge in [0.1, 0.15) is 6.26 Å². The molecule has 1 unspecified atom stereocenters. The molecule has 1 aromatic heterocycles. The number of anilines is 1. The van der Waals surface area contributed by atoms with Crippen LogP contribution in [0, 0.1) is 0 Å². The van der Waals surface area contributed by atoms with Gasteiger partial charge in [-0.15, -0.1) is 0 Å². The minimum Gasteiger partial charge on any atom is -0.445 e. The summed E-state index contributed by atoms with van der Waals surface area (Å²) in [7, 11) is 0. The molecule has 0 radical (unpaired) electrons. The molecule has 1 saturated heterocycles. The molecule has 0 amide bonds. The van der Waals surface area contributed by atoms with Crippen molar-refractivity contribution in [3.63, 3.8) is 0 Å². The number of oxazole rings is 1. The molecule has 1 saturated carbocycles. The average Bonchev–Trinajstić information content (AvgIpc) is 3.33. The van der Waals surface area contributed by atoms with Crippen molar-refractivity contribution >= 4 is 5.69 Å². The highest BCUT2D eigenvalue weighted by molar-refractivity contribution is 5.59. The quantitative estimate of drug-likeness (QED) is 0.875. The highest BCUT2D eigenvalue weighted by atomic mass is 16.3.